The van der Waals surface area contributed by atoms with Crippen LogP contribution in [-0.4, -0.2) is 52.5 Å². The van der Waals surface area contributed by atoms with Crippen molar-refractivity contribution in [3.63, 3.8) is 0 Å². The van der Waals surface area contributed by atoms with Crippen LogP contribution in [0.25, 0.3) is 0 Å². The zero-order valence-electron chi connectivity index (χ0n) is 14.8. The van der Waals surface area contributed by atoms with Gasteiger partial charge in [-0.15, -0.1) is 24.0 Å². The summed E-state index contributed by atoms with van der Waals surface area (Å²) in [6, 6.07) is 8.55. The van der Waals surface area contributed by atoms with E-state index < -0.39 is 9.84 Å². The second-order valence-corrected chi connectivity index (χ2v) is 8.35. The van der Waals surface area contributed by atoms with Crippen LogP contribution in [0, 0.1) is 0 Å². The fourth-order valence-corrected chi connectivity index (χ4v) is 4.01. The van der Waals surface area contributed by atoms with Crippen LogP contribution in [0.1, 0.15) is 26.2 Å². The molecule has 1 unspecified atom stereocenters. The van der Waals surface area contributed by atoms with E-state index in [4.69, 9.17) is 4.74 Å². The highest BCUT2D eigenvalue weighted by atomic mass is 127. The Labute approximate surface area is 167 Å². The number of benzene rings is 1. The highest BCUT2D eigenvalue weighted by Gasteiger charge is 2.29. The lowest BCUT2D eigenvalue weighted by molar-refractivity contribution is 0.0243. The van der Waals surface area contributed by atoms with Crippen molar-refractivity contribution in [2.24, 2.45) is 4.99 Å². The number of guanidine groups is 1. The minimum atomic E-state index is -3.22. The Morgan fingerprint density at radius 2 is 2.00 bits per heavy atom. The van der Waals surface area contributed by atoms with E-state index in [0.29, 0.717) is 30.4 Å². The lowest BCUT2D eigenvalue weighted by Gasteiger charge is -2.24. The van der Waals surface area contributed by atoms with Crippen LogP contribution in [0.4, 0.5) is 0 Å². The number of halogens is 1. The van der Waals surface area contributed by atoms with Gasteiger partial charge in [-0.1, -0.05) is 18.2 Å². The van der Waals surface area contributed by atoms with E-state index in [0.717, 1.165) is 19.4 Å². The van der Waals surface area contributed by atoms with E-state index in [-0.39, 0.29) is 35.3 Å². The fourth-order valence-electron chi connectivity index (χ4n) is 2.68. The van der Waals surface area contributed by atoms with Crippen LogP contribution in [0.2, 0.25) is 0 Å². The molecular formula is C17H28IN3O3S. The lowest BCUT2D eigenvalue weighted by Crippen LogP contribution is -2.45. The number of hydrogen-bond acceptors (Lipinski definition) is 4. The molecule has 1 aliphatic heterocycles. The molecule has 1 saturated heterocycles. The number of nitrogens with zero attached hydrogens (tertiary/aromatic N) is 1. The van der Waals surface area contributed by atoms with Crippen molar-refractivity contribution in [3.8, 4) is 0 Å². The number of hydrogen-bond donors (Lipinski definition) is 2. The van der Waals surface area contributed by atoms with Gasteiger partial charge in [-0.05, 0) is 38.3 Å². The summed E-state index contributed by atoms with van der Waals surface area (Å²) in [5.41, 5.74) is -0.145. The normalized spacial score (nSPS) is 20.8. The third-order valence-corrected chi connectivity index (χ3v) is 5.96. The molecule has 1 aromatic rings. The van der Waals surface area contributed by atoms with Crippen LogP contribution in [0.3, 0.4) is 0 Å². The molecule has 2 N–H and O–H groups in total. The summed E-state index contributed by atoms with van der Waals surface area (Å²) < 4.78 is 30.1. The van der Waals surface area contributed by atoms with Gasteiger partial charge in [-0.2, -0.15) is 0 Å². The molecule has 1 aliphatic rings. The predicted molar refractivity (Wildman–Crippen MR) is 111 cm³/mol. The highest BCUT2D eigenvalue weighted by Crippen LogP contribution is 2.23. The molecule has 0 saturated carbocycles. The van der Waals surface area contributed by atoms with E-state index >= 15 is 0 Å². The number of rotatable bonds is 7. The van der Waals surface area contributed by atoms with Crippen molar-refractivity contribution in [2.45, 2.75) is 36.7 Å². The van der Waals surface area contributed by atoms with Gasteiger partial charge in [0.25, 0.3) is 0 Å². The summed E-state index contributed by atoms with van der Waals surface area (Å²) in [4.78, 5) is 4.54. The Balaban J connectivity index is 0.00000312. The van der Waals surface area contributed by atoms with Gasteiger partial charge in [-0.3, -0.25) is 4.99 Å². The molecule has 0 spiro atoms. The Bertz CT molecular complexity index is 644. The Hall–Kier alpha value is -0.870. The molecule has 1 aromatic carbocycles. The molecule has 1 heterocycles. The topological polar surface area (TPSA) is 79.8 Å². The molecule has 2 rings (SSSR count). The molecule has 0 amide bonds. The first kappa shape index (κ1) is 22.2. The molecule has 1 atom stereocenters. The van der Waals surface area contributed by atoms with Gasteiger partial charge in [0.15, 0.2) is 15.8 Å². The minimum Gasteiger partial charge on any atom is -0.373 e. The van der Waals surface area contributed by atoms with Crippen molar-refractivity contribution in [1.29, 1.82) is 0 Å². The van der Waals surface area contributed by atoms with E-state index in [1.54, 1.807) is 31.3 Å². The smallest absolute Gasteiger partial charge is 0.191 e. The van der Waals surface area contributed by atoms with Gasteiger partial charge in [0.1, 0.15) is 0 Å². The summed E-state index contributed by atoms with van der Waals surface area (Å²) in [6.45, 7) is 4.13. The molecule has 25 heavy (non-hydrogen) atoms. The van der Waals surface area contributed by atoms with Crippen LogP contribution < -0.4 is 10.6 Å². The first-order valence-electron chi connectivity index (χ1n) is 8.31. The van der Waals surface area contributed by atoms with Gasteiger partial charge in [-0.25, -0.2) is 8.42 Å². The van der Waals surface area contributed by atoms with Crippen LogP contribution in [0.5, 0.6) is 0 Å². The van der Waals surface area contributed by atoms with Gasteiger partial charge in [0, 0.05) is 26.7 Å². The summed E-state index contributed by atoms with van der Waals surface area (Å²) in [6.07, 6.45) is 2.64. The largest absolute Gasteiger partial charge is 0.373 e. The van der Waals surface area contributed by atoms with E-state index in [9.17, 15) is 8.42 Å². The maximum Gasteiger partial charge on any atom is 0.191 e. The molecule has 0 aromatic heterocycles. The molecule has 0 radical (unpaired) electrons. The van der Waals surface area contributed by atoms with Crippen LogP contribution in [-0.2, 0) is 14.6 Å². The maximum absolute atomic E-state index is 12.2. The van der Waals surface area contributed by atoms with Crippen LogP contribution >= 0.6 is 24.0 Å². The van der Waals surface area contributed by atoms with E-state index in [2.05, 4.69) is 22.5 Å². The minimum absolute atomic E-state index is 0. The van der Waals surface area contributed by atoms with Crippen molar-refractivity contribution >= 4 is 39.8 Å². The number of ether oxygens (including phenoxy) is 1. The zero-order valence-corrected chi connectivity index (χ0v) is 18.0. The second kappa shape index (κ2) is 10.3. The van der Waals surface area contributed by atoms with Crippen molar-refractivity contribution in [2.75, 3.05) is 32.5 Å². The predicted octanol–water partition coefficient (Wildman–Crippen LogP) is 2.20. The summed E-state index contributed by atoms with van der Waals surface area (Å²) in [5.74, 6) is 0.783. The quantitative estimate of drug-likeness (QED) is 0.270. The zero-order chi connectivity index (χ0) is 17.5. The average molecular weight is 481 g/mol. The summed E-state index contributed by atoms with van der Waals surface area (Å²) >= 11 is 0. The molecule has 1 fully saturated rings. The lowest BCUT2D eigenvalue weighted by atomic mass is 10.0. The van der Waals surface area contributed by atoms with Gasteiger partial charge < -0.3 is 15.4 Å². The molecule has 8 heteroatoms. The first-order chi connectivity index (χ1) is 11.5. The van der Waals surface area contributed by atoms with Crippen molar-refractivity contribution in [3.05, 3.63) is 30.3 Å². The monoisotopic (exact) mass is 481 g/mol. The molecule has 0 aliphatic carbocycles. The first-order valence-corrected chi connectivity index (χ1v) is 9.97. The van der Waals surface area contributed by atoms with Crippen LogP contribution in [0.15, 0.2) is 40.2 Å². The van der Waals surface area contributed by atoms with Gasteiger partial charge >= 0.3 is 0 Å². The Kier molecular flexibility index (Phi) is 9.15. The average Bonchev–Trinajstić information content (AvgIpc) is 3.02. The fraction of sp³-hybridized carbons (Fsp3) is 0.588. The van der Waals surface area contributed by atoms with E-state index in [1.165, 1.54) is 0 Å². The van der Waals surface area contributed by atoms with E-state index in [1.807, 2.05) is 6.07 Å². The van der Waals surface area contributed by atoms with Gasteiger partial charge in [0.2, 0.25) is 0 Å². The number of sulfone groups is 1. The number of nitrogens with one attached hydrogen (secondary N) is 2. The second-order valence-electron chi connectivity index (χ2n) is 6.24. The third kappa shape index (κ3) is 7.10. The van der Waals surface area contributed by atoms with Crippen molar-refractivity contribution < 1.29 is 13.2 Å². The maximum atomic E-state index is 12.2. The molecule has 0 bridgehead atoms. The standard InChI is InChI=1S/C17H27N3O3S.HI/c1-17(10-6-12-23-17)14-20-16(18-2)19-11-7-13-24(21,22)15-8-4-3-5-9-15;/h3-5,8-9H,6-7,10-14H2,1-2H3,(H2,18,19,20);1H. The number of aliphatic imine (C=N–C) groups is 1. The molecular weight excluding hydrogens is 453 g/mol. The van der Waals surface area contributed by atoms with Crippen molar-refractivity contribution in [1.82, 2.24) is 10.6 Å². The Morgan fingerprint density at radius 3 is 2.60 bits per heavy atom. The third-order valence-electron chi connectivity index (χ3n) is 4.14. The Morgan fingerprint density at radius 1 is 1.28 bits per heavy atom. The SMILES string of the molecule is CN=C(NCCCS(=O)(=O)c1ccccc1)NCC1(C)CCCO1.I. The van der Waals surface area contributed by atoms with Gasteiger partial charge in [0.05, 0.1) is 16.2 Å². The summed E-state index contributed by atoms with van der Waals surface area (Å²) in [5, 5.41) is 6.40. The molecule has 142 valence electrons. The summed E-state index contributed by atoms with van der Waals surface area (Å²) in [7, 11) is -1.52. The molecule has 6 nitrogen and oxygen atoms in total. The highest BCUT2D eigenvalue weighted by molar-refractivity contribution is 14.0.